The average molecular weight is 294 g/mol. The number of carbonyl (C=O) groups excluding carboxylic acids is 1. The number of hydrogen-bond donors (Lipinski definition) is 1. The Morgan fingerprint density at radius 2 is 2.19 bits per heavy atom. The molecule has 1 aromatic carbocycles. The molecule has 1 amide bonds. The van der Waals surface area contributed by atoms with E-state index in [0.29, 0.717) is 29.8 Å². The van der Waals surface area contributed by atoms with Gasteiger partial charge in [-0.25, -0.2) is 4.79 Å². The summed E-state index contributed by atoms with van der Waals surface area (Å²) in [6.07, 6.45) is 0.395. The zero-order chi connectivity index (χ0) is 15.7. The molecule has 0 saturated carbocycles. The molecule has 1 aliphatic rings. The number of amides is 1. The number of ether oxygens (including phenoxy) is 1. The summed E-state index contributed by atoms with van der Waals surface area (Å²) in [6, 6.07) is 1.30. The molecule has 8 nitrogen and oxygen atoms in total. The number of hydrogen-bond acceptors (Lipinski definition) is 5. The Morgan fingerprint density at radius 3 is 2.71 bits per heavy atom. The normalized spacial score (nSPS) is 13.0. The van der Waals surface area contributed by atoms with Gasteiger partial charge in [0.2, 0.25) is 5.91 Å². The van der Waals surface area contributed by atoms with Crippen LogP contribution in [0.4, 0.5) is 11.4 Å². The second-order valence-corrected chi connectivity index (χ2v) is 4.73. The molecule has 0 spiro atoms. The lowest BCUT2D eigenvalue weighted by atomic mass is 10.1. The number of aryl methyl sites for hydroxylation is 1. The van der Waals surface area contributed by atoms with Crippen molar-refractivity contribution in [1.29, 1.82) is 0 Å². The van der Waals surface area contributed by atoms with Crippen LogP contribution < -0.4 is 9.64 Å². The van der Waals surface area contributed by atoms with E-state index in [1.54, 1.807) is 6.92 Å². The summed E-state index contributed by atoms with van der Waals surface area (Å²) in [5.74, 6) is -1.13. The van der Waals surface area contributed by atoms with Crippen LogP contribution >= 0.6 is 0 Å². The summed E-state index contributed by atoms with van der Waals surface area (Å²) in [6.45, 7) is 2.72. The van der Waals surface area contributed by atoms with Crippen LogP contribution in [0, 0.1) is 17.0 Å². The lowest BCUT2D eigenvalue weighted by Crippen LogP contribution is -2.26. The molecule has 112 valence electrons. The van der Waals surface area contributed by atoms with E-state index in [1.165, 1.54) is 17.9 Å². The van der Waals surface area contributed by atoms with Crippen molar-refractivity contribution in [3.8, 4) is 5.75 Å². The van der Waals surface area contributed by atoms with E-state index in [0.717, 1.165) is 0 Å². The van der Waals surface area contributed by atoms with Crippen LogP contribution in [0.15, 0.2) is 6.07 Å². The van der Waals surface area contributed by atoms with Gasteiger partial charge in [0.25, 0.3) is 5.69 Å². The lowest BCUT2D eigenvalue weighted by molar-refractivity contribution is -0.384. The molecule has 0 aliphatic carbocycles. The van der Waals surface area contributed by atoms with Crippen LogP contribution in [0.3, 0.4) is 0 Å². The van der Waals surface area contributed by atoms with Crippen molar-refractivity contribution >= 4 is 23.3 Å². The number of carboxylic acids is 1. The average Bonchev–Trinajstić information content (AvgIpc) is 2.80. The summed E-state index contributed by atoms with van der Waals surface area (Å²) in [5.41, 5.74) is 1.03. The maximum absolute atomic E-state index is 11.6. The minimum Gasteiger partial charge on any atom is -0.481 e. The highest BCUT2D eigenvalue weighted by Crippen LogP contribution is 2.44. The standard InChI is InChI=1S/C13H14N2O6/c1-7-5-10(15(19)20)12-9(3-4-14(12)8(2)16)13(7)21-6-11(17)18/h5H,3-4,6H2,1-2H3,(H,17,18). The van der Waals surface area contributed by atoms with Crippen LogP contribution in [-0.4, -0.2) is 35.1 Å². The predicted octanol–water partition coefficient (Wildman–Crippen LogP) is 1.28. The van der Waals surface area contributed by atoms with Crippen LogP contribution in [0.25, 0.3) is 0 Å². The van der Waals surface area contributed by atoms with Gasteiger partial charge in [-0.05, 0) is 18.9 Å². The first-order valence-electron chi connectivity index (χ1n) is 6.26. The fraction of sp³-hybridized carbons (Fsp3) is 0.385. The van der Waals surface area contributed by atoms with Crippen molar-refractivity contribution in [2.45, 2.75) is 20.3 Å². The van der Waals surface area contributed by atoms with Gasteiger partial charge in [0.05, 0.1) is 4.92 Å². The summed E-state index contributed by atoms with van der Waals surface area (Å²) < 4.78 is 5.24. The molecule has 0 saturated heterocycles. The molecular weight excluding hydrogens is 280 g/mol. The van der Waals surface area contributed by atoms with Gasteiger partial charge in [-0.3, -0.25) is 14.9 Å². The Balaban J connectivity index is 2.58. The van der Waals surface area contributed by atoms with Gasteiger partial charge in [0.1, 0.15) is 11.4 Å². The van der Waals surface area contributed by atoms with E-state index in [9.17, 15) is 19.7 Å². The number of rotatable bonds is 4. The van der Waals surface area contributed by atoms with Crippen molar-refractivity contribution in [2.75, 3.05) is 18.1 Å². The lowest BCUT2D eigenvalue weighted by Gasteiger charge is -2.17. The Labute approximate surface area is 120 Å². The van der Waals surface area contributed by atoms with Crippen LogP contribution in [0.5, 0.6) is 5.75 Å². The number of carboxylic acid groups (broad SMARTS) is 1. The van der Waals surface area contributed by atoms with Gasteiger partial charge < -0.3 is 14.7 Å². The monoisotopic (exact) mass is 294 g/mol. The topological polar surface area (TPSA) is 110 Å². The number of aliphatic carboxylic acids is 1. The minimum atomic E-state index is -1.14. The Hall–Kier alpha value is -2.64. The highest BCUT2D eigenvalue weighted by molar-refractivity contribution is 5.97. The van der Waals surface area contributed by atoms with Gasteiger partial charge >= 0.3 is 5.97 Å². The molecular formula is C13H14N2O6. The third-order valence-electron chi connectivity index (χ3n) is 3.29. The molecule has 1 N–H and O–H groups in total. The van der Waals surface area contributed by atoms with Crippen LogP contribution in [0.2, 0.25) is 0 Å². The number of anilines is 1. The first kappa shape index (κ1) is 14.8. The maximum Gasteiger partial charge on any atom is 0.341 e. The number of nitro groups is 1. The Morgan fingerprint density at radius 1 is 1.52 bits per heavy atom. The minimum absolute atomic E-state index is 0.169. The fourth-order valence-corrected chi connectivity index (χ4v) is 2.50. The molecule has 2 rings (SSSR count). The SMILES string of the molecule is CC(=O)N1CCc2c(OCC(=O)O)c(C)cc([N+](=O)[O-])c21. The molecule has 0 radical (unpaired) electrons. The third-order valence-corrected chi connectivity index (χ3v) is 3.29. The molecule has 8 heteroatoms. The van der Waals surface area contributed by atoms with Crippen LogP contribution in [0.1, 0.15) is 18.1 Å². The molecule has 0 fully saturated rings. The zero-order valence-corrected chi connectivity index (χ0v) is 11.6. The molecule has 0 atom stereocenters. The Bertz CT molecular complexity index is 640. The second kappa shape index (κ2) is 5.39. The molecule has 1 aliphatic heterocycles. The molecule has 0 aromatic heterocycles. The fourth-order valence-electron chi connectivity index (χ4n) is 2.50. The summed E-state index contributed by atoms with van der Waals surface area (Å²) >= 11 is 0. The highest BCUT2D eigenvalue weighted by atomic mass is 16.6. The van der Waals surface area contributed by atoms with Crippen molar-refractivity contribution in [3.63, 3.8) is 0 Å². The largest absolute Gasteiger partial charge is 0.481 e. The Kier molecular flexibility index (Phi) is 3.79. The van der Waals surface area contributed by atoms with Gasteiger partial charge in [-0.1, -0.05) is 0 Å². The van der Waals surface area contributed by atoms with E-state index >= 15 is 0 Å². The third kappa shape index (κ3) is 2.64. The molecule has 0 unspecified atom stereocenters. The van der Waals surface area contributed by atoms with Crippen molar-refractivity contribution in [2.24, 2.45) is 0 Å². The summed E-state index contributed by atoms with van der Waals surface area (Å²) in [4.78, 5) is 34.2. The number of fused-ring (bicyclic) bond motifs is 1. The van der Waals surface area contributed by atoms with E-state index < -0.39 is 17.5 Å². The first-order valence-corrected chi connectivity index (χ1v) is 6.26. The van der Waals surface area contributed by atoms with Gasteiger partial charge in [0, 0.05) is 25.1 Å². The molecule has 1 aromatic rings. The number of nitrogens with zero attached hydrogens (tertiary/aromatic N) is 2. The van der Waals surface area contributed by atoms with Crippen LogP contribution in [-0.2, 0) is 16.0 Å². The zero-order valence-electron chi connectivity index (χ0n) is 11.6. The van der Waals surface area contributed by atoms with Gasteiger partial charge in [-0.2, -0.15) is 0 Å². The van der Waals surface area contributed by atoms with Crippen molar-refractivity contribution < 1.29 is 24.4 Å². The highest BCUT2D eigenvalue weighted by Gasteiger charge is 2.34. The second-order valence-electron chi connectivity index (χ2n) is 4.73. The maximum atomic E-state index is 11.6. The number of nitro benzene ring substituents is 1. The molecule has 1 heterocycles. The van der Waals surface area contributed by atoms with E-state index in [1.807, 2.05) is 0 Å². The quantitative estimate of drug-likeness (QED) is 0.661. The van der Waals surface area contributed by atoms with E-state index in [2.05, 4.69) is 0 Å². The predicted molar refractivity (Wildman–Crippen MR) is 72.7 cm³/mol. The first-order chi connectivity index (χ1) is 9.82. The molecule has 21 heavy (non-hydrogen) atoms. The number of carbonyl (C=O) groups is 2. The summed E-state index contributed by atoms with van der Waals surface area (Å²) in [7, 11) is 0. The van der Waals surface area contributed by atoms with Crippen molar-refractivity contribution in [3.05, 3.63) is 27.3 Å². The van der Waals surface area contributed by atoms with Gasteiger partial charge in [0.15, 0.2) is 6.61 Å². The van der Waals surface area contributed by atoms with Crippen molar-refractivity contribution in [1.82, 2.24) is 0 Å². The van der Waals surface area contributed by atoms with Gasteiger partial charge in [-0.15, -0.1) is 0 Å². The smallest absolute Gasteiger partial charge is 0.341 e. The summed E-state index contributed by atoms with van der Waals surface area (Å²) in [5, 5.41) is 19.9. The molecule has 0 bridgehead atoms. The van der Waals surface area contributed by atoms with E-state index in [4.69, 9.17) is 9.84 Å². The van der Waals surface area contributed by atoms with E-state index in [-0.39, 0.29) is 17.3 Å². The number of benzene rings is 1.